The fourth-order valence-electron chi connectivity index (χ4n) is 3.56. The molecule has 0 radical (unpaired) electrons. The molecule has 0 unspecified atom stereocenters. The second-order valence-electron chi connectivity index (χ2n) is 7.39. The van der Waals surface area contributed by atoms with Crippen LogP contribution in [0, 0.1) is 0 Å². The van der Waals surface area contributed by atoms with Crippen LogP contribution in [-0.2, 0) is 11.3 Å². The van der Waals surface area contributed by atoms with Crippen molar-refractivity contribution in [2.24, 2.45) is 0 Å². The molecule has 0 fully saturated rings. The maximum absolute atomic E-state index is 12.6. The lowest BCUT2D eigenvalue weighted by atomic mass is 10.1. The van der Waals surface area contributed by atoms with Gasteiger partial charge in [-0.2, -0.15) is 0 Å². The highest BCUT2D eigenvalue weighted by atomic mass is 16.7. The van der Waals surface area contributed by atoms with Crippen LogP contribution in [0.3, 0.4) is 0 Å². The van der Waals surface area contributed by atoms with E-state index in [1.54, 1.807) is 37.5 Å². The number of rotatable bonds is 5. The number of carbonyl (C=O) groups is 2. The van der Waals surface area contributed by atoms with E-state index in [0.717, 1.165) is 5.56 Å². The van der Waals surface area contributed by atoms with Gasteiger partial charge in [0.2, 0.25) is 6.79 Å². The summed E-state index contributed by atoms with van der Waals surface area (Å²) in [5.74, 6) is 1.87. The van der Waals surface area contributed by atoms with Gasteiger partial charge in [0.15, 0.2) is 23.0 Å². The molecule has 0 saturated heterocycles. The molecule has 166 valence electrons. The van der Waals surface area contributed by atoms with E-state index in [1.165, 1.54) is 0 Å². The summed E-state index contributed by atoms with van der Waals surface area (Å²) in [6.07, 6.45) is 1.61. The second-order valence-corrected chi connectivity index (χ2v) is 7.39. The Morgan fingerprint density at radius 1 is 1.06 bits per heavy atom. The van der Waals surface area contributed by atoms with Crippen LogP contribution in [0.5, 0.6) is 23.0 Å². The monoisotopic (exact) mass is 444 g/mol. The maximum atomic E-state index is 12.6. The van der Waals surface area contributed by atoms with E-state index in [9.17, 15) is 9.59 Å². The molecule has 2 aliphatic rings. The first-order chi connectivity index (χ1) is 16.1. The number of hydrogen-bond acceptors (Lipinski definition) is 6. The number of fused-ring (bicyclic) bond motifs is 2. The lowest BCUT2D eigenvalue weighted by Gasteiger charge is -2.21. The Hall–Kier alpha value is -4.46. The summed E-state index contributed by atoms with van der Waals surface area (Å²) >= 11 is 0. The molecule has 0 aromatic heterocycles. The number of methoxy groups -OCH3 is 1. The molecule has 2 N–H and O–H groups in total. The Kier molecular flexibility index (Phi) is 5.32. The van der Waals surface area contributed by atoms with Crippen molar-refractivity contribution in [2.45, 2.75) is 6.54 Å². The van der Waals surface area contributed by atoms with Crippen molar-refractivity contribution >= 4 is 23.6 Å². The van der Waals surface area contributed by atoms with E-state index in [0.29, 0.717) is 46.4 Å². The fourth-order valence-corrected chi connectivity index (χ4v) is 3.56. The van der Waals surface area contributed by atoms with Crippen LogP contribution in [0.4, 0.5) is 5.69 Å². The number of para-hydroxylation sites is 1. The number of amides is 2. The van der Waals surface area contributed by atoms with Gasteiger partial charge in [-0.1, -0.05) is 24.3 Å². The summed E-state index contributed by atoms with van der Waals surface area (Å²) in [5, 5.41) is 5.65. The van der Waals surface area contributed by atoms with Crippen molar-refractivity contribution in [1.82, 2.24) is 5.32 Å². The summed E-state index contributed by atoms with van der Waals surface area (Å²) in [6.45, 7) is 0.519. The van der Waals surface area contributed by atoms with Crippen LogP contribution >= 0.6 is 0 Å². The van der Waals surface area contributed by atoms with Gasteiger partial charge in [0.05, 0.1) is 12.8 Å². The Morgan fingerprint density at radius 3 is 2.76 bits per heavy atom. The summed E-state index contributed by atoms with van der Waals surface area (Å²) < 4.78 is 21.8. The molecule has 0 saturated carbocycles. The molecule has 0 atom stereocenters. The van der Waals surface area contributed by atoms with Crippen molar-refractivity contribution in [3.63, 3.8) is 0 Å². The minimum Gasteiger partial charge on any atom is -0.496 e. The third-order valence-corrected chi connectivity index (χ3v) is 5.25. The highest BCUT2D eigenvalue weighted by Gasteiger charge is 2.24. The first kappa shape index (κ1) is 20.4. The van der Waals surface area contributed by atoms with Gasteiger partial charge in [0.25, 0.3) is 11.8 Å². The highest BCUT2D eigenvalue weighted by Crippen LogP contribution is 2.34. The third kappa shape index (κ3) is 4.18. The van der Waals surface area contributed by atoms with Crippen LogP contribution in [0.1, 0.15) is 21.5 Å². The predicted octanol–water partition coefficient (Wildman–Crippen LogP) is 3.73. The van der Waals surface area contributed by atoms with Crippen LogP contribution in [0.2, 0.25) is 0 Å². The Balaban J connectivity index is 1.29. The second kappa shape index (κ2) is 8.58. The first-order valence-electron chi connectivity index (χ1n) is 10.3. The molecule has 0 aliphatic carbocycles. The zero-order chi connectivity index (χ0) is 22.8. The molecule has 2 amide bonds. The van der Waals surface area contributed by atoms with Gasteiger partial charge < -0.3 is 29.6 Å². The summed E-state index contributed by atoms with van der Waals surface area (Å²) in [5.41, 5.74) is 2.42. The fraction of sp³-hybridized carbons (Fsp3) is 0.120. The van der Waals surface area contributed by atoms with E-state index >= 15 is 0 Å². The number of anilines is 1. The van der Waals surface area contributed by atoms with Crippen molar-refractivity contribution in [3.8, 4) is 23.0 Å². The summed E-state index contributed by atoms with van der Waals surface area (Å²) in [4.78, 5) is 25.2. The van der Waals surface area contributed by atoms with Crippen molar-refractivity contribution < 1.29 is 28.5 Å². The molecule has 2 aliphatic heterocycles. The largest absolute Gasteiger partial charge is 0.496 e. The van der Waals surface area contributed by atoms with E-state index < -0.39 is 5.91 Å². The SMILES string of the molecule is COc1ccccc1/C=C1\Oc2ccc(C(=O)NCc3ccc4c(c3)OCO4)cc2NC1=O. The average molecular weight is 444 g/mol. The zero-order valence-corrected chi connectivity index (χ0v) is 17.7. The molecular weight excluding hydrogens is 424 g/mol. The van der Waals surface area contributed by atoms with Crippen molar-refractivity contribution in [2.75, 3.05) is 19.2 Å². The van der Waals surface area contributed by atoms with Crippen molar-refractivity contribution in [1.29, 1.82) is 0 Å². The van der Waals surface area contributed by atoms with Gasteiger partial charge in [-0.05, 0) is 48.0 Å². The minimum atomic E-state index is -0.411. The molecule has 3 aromatic carbocycles. The quantitative estimate of drug-likeness (QED) is 0.583. The topological polar surface area (TPSA) is 95.1 Å². The molecule has 8 nitrogen and oxygen atoms in total. The minimum absolute atomic E-state index is 0.131. The van der Waals surface area contributed by atoms with Crippen molar-refractivity contribution in [3.05, 3.63) is 83.1 Å². The van der Waals surface area contributed by atoms with E-state index in [4.69, 9.17) is 18.9 Å². The molecule has 3 aromatic rings. The van der Waals surface area contributed by atoms with Gasteiger partial charge >= 0.3 is 0 Å². The highest BCUT2D eigenvalue weighted by molar-refractivity contribution is 6.09. The normalized spacial score (nSPS) is 14.8. The lowest BCUT2D eigenvalue weighted by Crippen LogP contribution is -2.25. The number of carbonyl (C=O) groups excluding carboxylic acids is 2. The van der Waals surface area contributed by atoms with Gasteiger partial charge in [0.1, 0.15) is 5.75 Å². The van der Waals surface area contributed by atoms with Gasteiger partial charge in [0, 0.05) is 17.7 Å². The van der Waals surface area contributed by atoms with Crippen LogP contribution in [0.25, 0.3) is 6.08 Å². The van der Waals surface area contributed by atoms with Gasteiger partial charge in [-0.25, -0.2) is 0 Å². The third-order valence-electron chi connectivity index (χ3n) is 5.25. The number of ether oxygens (including phenoxy) is 4. The molecule has 33 heavy (non-hydrogen) atoms. The molecule has 5 rings (SSSR count). The predicted molar refractivity (Wildman–Crippen MR) is 120 cm³/mol. The Morgan fingerprint density at radius 2 is 1.88 bits per heavy atom. The molecule has 0 bridgehead atoms. The Labute approximate surface area is 189 Å². The lowest BCUT2D eigenvalue weighted by molar-refractivity contribution is -0.115. The standard InChI is InChI=1S/C25H20N2O6/c1-30-19-5-3-2-4-16(19)12-23-25(29)27-18-11-17(7-9-20(18)33-23)24(28)26-13-15-6-8-21-22(10-15)32-14-31-21/h2-12H,13-14H2,1H3,(H,26,28)(H,27,29)/b23-12-. The smallest absolute Gasteiger partial charge is 0.291 e. The summed E-state index contributed by atoms with van der Waals surface area (Å²) in [6, 6.07) is 17.7. The maximum Gasteiger partial charge on any atom is 0.291 e. The number of benzene rings is 3. The van der Waals surface area contributed by atoms with Gasteiger partial charge in [-0.15, -0.1) is 0 Å². The average Bonchev–Trinajstić information content (AvgIpc) is 3.31. The first-order valence-corrected chi connectivity index (χ1v) is 10.3. The summed E-state index contributed by atoms with van der Waals surface area (Å²) in [7, 11) is 1.56. The number of nitrogens with one attached hydrogen (secondary N) is 2. The zero-order valence-electron chi connectivity index (χ0n) is 17.7. The number of hydrogen-bond donors (Lipinski definition) is 2. The Bertz CT molecular complexity index is 1280. The van der Waals surface area contributed by atoms with Gasteiger partial charge in [-0.3, -0.25) is 9.59 Å². The molecule has 8 heteroatoms. The van der Waals surface area contributed by atoms with Crippen LogP contribution in [-0.4, -0.2) is 25.7 Å². The van der Waals surface area contributed by atoms with E-state index in [-0.39, 0.29) is 18.5 Å². The molecule has 0 spiro atoms. The van der Waals surface area contributed by atoms with E-state index in [1.807, 2.05) is 36.4 Å². The van der Waals surface area contributed by atoms with E-state index in [2.05, 4.69) is 10.6 Å². The van der Waals surface area contributed by atoms with Crippen LogP contribution in [0.15, 0.2) is 66.4 Å². The molecular formula is C25H20N2O6. The van der Waals surface area contributed by atoms with Crippen LogP contribution < -0.4 is 29.6 Å². The molecule has 2 heterocycles.